The zero-order valence-electron chi connectivity index (χ0n) is 18.7. The lowest BCUT2D eigenvalue weighted by Gasteiger charge is -2.32. The van der Waals surface area contributed by atoms with Crippen molar-refractivity contribution in [2.24, 2.45) is 12.0 Å². The molecule has 0 bridgehead atoms. The topological polar surface area (TPSA) is 79.6 Å². The number of guanidine groups is 1. The molecule has 1 aliphatic rings. The summed E-state index contributed by atoms with van der Waals surface area (Å²) < 4.78 is 7.24. The number of piperidine rings is 1. The maximum absolute atomic E-state index is 5.24. The first-order chi connectivity index (χ1) is 14.6. The van der Waals surface area contributed by atoms with Gasteiger partial charge in [0.2, 0.25) is 0 Å². The summed E-state index contributed by atoms with van der Waals surface area (Å²) in [5.74, 6) is 3.47. The van der Waals surface area contributed by atoms with Gasteiger partial charge in [0.05, 0.1) is 20.2 Å². The molecule has 1 aliphatic heterocycles. The van der Waals surface area contributed by atoms with E-state index in [9.17, 15) is 0 Å². The molecule has 3 rings (SSSR count). The van der Waals surface area contributed by atoms with Crippen molar-refractivity contribution < 1.29 is 4.74 Å². The van der Waals surface area contributed by atoms with E-state index in [1.807, 2.05) is 30.7 Å². The number of likely N-dealkylation sites (tertiary alicyclic amines) is 1. The molecule has 8 nitrogen and oxygen atoms in total. The molecule has 164 valence electrons. The van der Waals surface area contributed by atoms with Crippen molar-refractivity contribution in [2.45, 2.75) is 52.2 Å². The van der Waals surface area contributed by atoms with E-state index in [0.717, 1.165) is 54.9 Å². The van der Waals surface area contributed by atoms with E-state index in [-0.39, 0.29) is 0 Å². The molecule has 2 N–H and O–H groups in total. The number of nitrogens with zero attached hydrogens (tertiary/aromatic N) is 5. The molecule has 30 heavy (non-hydrogen) atoms. The second-order valence-corrected chi connectivity index (χ2v) is 7.85. The van der Waals surface area contributed by atoms with Gasteiger partial charge in [0, 0.05) is 26.2 Å². The average Bonchev–Trinajstić information content (AvgIpc) is 3.09. The molecule has 2 aromatic rings. The number of rotatable bonds is 8. The van der Waals surface area contributed by atoms with Gasteiger partial charge in [-0.05, 0) is 50.4 Å². The fourth-order valence-electron chi connectivity index (χ4n) is 3.63. The molecule has 2 heterocycles. The SMILES string of the molecule is CCCN1CCC(NC(=NCc2ccc(OC)cc2)NCc2nnc(C)n2C)CC1. The van der Waals surface area contributed by atoms with Crippen molar-refractivity contribution in [1.82, 2.24) is 30.3 Å². The number of hydrogen-bond acceptors (Lipinski definition) is 5. The van der Waals surface area contributed by atoms with E-state index in [1.165, 1.54) is 13.0 Å². The molecule has 0 spiro atoms. The molecule has 0 radical (unpaired) electrons. The molecule has 0 saturated carbocycles. The Balaban J connectivity index is 1.63. The van der Waals surface area contributed by atoms with Crippen LogP contribution >= 0.6 is 0 Å². The Hall–Kier alpha value is -2.61. The van der Waals surface area contributed by atoms with Crippen LogP contribution in [0, 0.1) is 6.92 Å². The molecule has 1 fully saturated rings. The maximum atomic E-state index is 5.24. The van der Waals surface area contributed by atoms with Gasteiger partial charge in [0.15, 0.2) is 11.8 Å². The predicted octanol–water partition coefficient (Wildman–Crippen LogP) is 2.24. The third-order valence-electron chi connectivity index (χ3n) is 5.64. The first-order valence-corrected chi connectivity index (χ1v) is 10.8. The fraction of sp³-hybridized carbons (Fsp3) is 0.591. The average molecular weight is 414 g/mol. The lowest BCUT2D eigenvalue weighted by atomic mass is 10.1. The van der Waals surface area contributed by atoms with Gasteiger partial charge in [-0.2, -0.15) is 0 Å². The summed E-state index contributed by atoms with van der Waals surface area (Å²) >= 11 is 0. The first-order valence-electron chi connectivity index (χ1n) is 10.8. The predicted molar refractivity (Wildman–Crippen MR) is 120 cm³/mol. The number of aryl methyl sites for hydroxylation is 1. The van der Waals surface area contributed by atoms with Gasteiger partial charge in [-0.15, -0.1) is 10.2 Å². The highest BCUT2D eigenvalue weighted by molar-refractivity contribution is 5.80. The summed E-state index contributed by atoms with van der Waals surface area (Å²) in [6.07, 6.45) is 3.48. The van der Waals surface area contributed by atoms with Crippen molar-refractivity contribution >= 4 is 5.96 Å². The number of hydrogen-bond donors (Lipinski definition) is 2. The first kappa shape index (κ1) is 22.1. The van der Waals surface area contributed by atoms with Gasteiger partial charge >= 0.3 is 0 Å². The Labute approximate surface area is 179 Å². The number of nitrogens with one attached hydrogen (secondary N) is 2. The minimum atomic E-state index is 0.432. The number of aromatic nitrogens is 3. The maximum Gasteiger partial charge on any atom is 0.192 e. The third-order valence-corrected chi connectivity index (χ3v) is 5.64. The minimum absolute atomic E-state index is 0.432. The van der Waals surface area contributed by atoms with Crippen LogP contribution in [0.1, 0.15) is 43.4 Å². The van der Waals surface area contributed by atoms with Crippen LogP contribution in [0.2, 0.25) is 0 Å². The molecule has 8 heteroatoms. The summed E-state index contributed by atoms with van der Waals surface area (Å²) in [5, 5.41) is 15.5. The van der Waals surface area contributed by atoms with E-state index in [1.54, 1.807) is 7.11 Å². The van der Waals surface area contributed by atoms with Crippen molar-refractivity contribution in [2.75, 3.05) is 26.7 Å². The summed E-state index contributed by atoms with van der Waals surface area (Å²) in [6.45, 7) is 8.85. The van der Waals surface area contributed by atoms with Gasteiger partial charge in [-0.3, -0.25) is 0 Å². The van der Waals surface area contributed by atoms with Gasteiger partial charge in [-0.1, -0.05) is 19.1 Å². The van der Waals surface area contributed by atoms with E-state index in [0.29, 0.717) is 19.1 Å². The van der Waals surface area contributed by atoms with Gasteiger partial charge in [-0.25, -0.2) is 4.99 Å². The minimum Gasteiger partial charge on any atom is -0.497 e. The highest BCUT2D eigenvalue weighted by Crippen LogP contribution is 2.13. The van der Waals surface area contributed by atoms with E-state index < -0.39 is 0 Å². The Kier molecular flexibility index (Phi) is 8.07. The molecule has 1 aromatic carbocycles. The molecule has 1 aromatic heterocycles. The summed E-state index contributed by atoms with van der Waals surface area (Å²) in [7, 11) is 3.66. The molecular formula is C22H35N7O. The highest BCUT2D eigenvalue weighted by atomic mass is 16.5. The van der Waals surface area contributed by atoms with Crippen LogP contribution in [-0.4, -0.2) is 58.4 Å². The van der Waals surface area contributed by atoms with Crippen LogP contribution in [0.5, 0.6) is 5.75 Å². The molecule has 1 saturated heterocycles. The Morgan fingerprint density at radius 2 is 1.93 bits per heavy atom. The second-order valence-electron chi connectivity index (χ2n) is 7.85. The van der Waals surface area contributed by atoms with Crippen LogP contribution in [0.25, 0.3) is 0 Å². The van der Waals surface area contributed by atoms with Crippen molar-refractivity contribution in [3.05, 3.63) is 41.5 Å². The standard InChI is InChI=1S/C22H35N7O/c1-5-12-29-13-10-19(11-14-29)25-22(24-16-21-27-26-17(2)28(21)3)23-15-18-6-8-20(30-4)9-7-18/h6-9,19H,5,10-16H2,1-4H3,(H2,23,24,25). The molecular weight excluding hydrogens is 378 g/mol. The highest BCUT2D eigenvalue weighted by Gasteiger charge is 2.19. The fourth-order valence-corrected chi connectivity index (χ4v) is 3.63. The van der Waals surface area contributed by atoms with Crippen LogP contribution in [0.4, 0.5) is 0 Å². The molecule has 0 unspecified atom stereocenters. The summed E-state index contributed by atoms with van der Waals surface area (Å²) in [6, 6.07) is 8.47. The van der Waals surface area contributed by atoms with Gasteiger partial charge < -0.3 is 24.8 Å². The lowest BCUT2D eigenvalue weighted by Crippen LogP contribution is -2.48. The molecule has 0 amide bonds. The second kappa shape index (κ2) is 11.0. The Morgan fingerprint density at radius 1 is 1.20 bits per heavy atom. The van der Waals surface area contributed by atoms with Gasteiger partial charge in [0.1, 0.15) is 11.6 Å². The number of methoxy groups -OCH3 is 1. The number of aliphatic imine (C=N–C) groups is 1. The van der Waals surface area contributed by atoms with Crippen LogP contribution in [0.15, 0.2) is 29.3 Å². The normalized spacial score (nSPS) is 15.9. The van der Waals surface area contributed by atoms with E-state index in [2.05, 4.69) is 44.8 Å². The zero-order chi connectivity index (χ0) is 21.3. The van der Waals surface area contributed by atoms with Gasteiger partial charge in [0.25, 0.3) is 0 Å². The van der Waals surface area contributed by atoms with Crippen LogP contribution in [-0.2, 0) is 20.1 Å². The zero-order valence-corrected chi connectivity index (χ0v) is 18.7. The molecule has 0 aliphatic carbocycles. The molecule has 0 atom stereocenters. The number of benzene rings is 1. The van der Waals surface area contributed by atoms with Crippen LogP contribution in [0.3, 0.4) is 0 Å². The summed E-state index contributed by atoms with van der Waals surface area (Å²) in [4.78, 5) is 7.38. The van der Waals surface area contributed by atoms with Crippen LogP contribution < -0.4 is 15.4 Å². The smallest absolute Gasteiger partial charge is 0.192 e. The quantitative estimate of drug-likeness (QED) is 0.510. The monoisotopic (exact) mass is 413 g/mol. The third kappa shape index (κ3) is 6.19. The van der Waals surface area contributed by atoms with E-state index in [4.69, 9.17) is 9.73 Å². The van der Waals surface area contributed by atoms with Crippen molar-refractivity contribution in [1.29, 1.82) is 0 Å². The summed E-state index contributed by atoms with van der Waals surface area (Å²) in [5.41, 5.74) is 1.14. The van der Waals surface area contributed by atoms with E-state index >= 15 is 0 Å². The van der Waals surface area contributed by atoms with Crippen molar-refractivity contribution in [3.8, 4) is 5.75 Å². The largest absolute Gasteiger partial charge is 0.497 e. The Morgan fingerprint density at radius 3 is 2.53 bits per heavy atom. The Bertz CT molecular complexity index is 807. The lowest BCUT2D eigenvalue weighted by molar-refractivity contribution is 0.206. The number of ether oxygens (including phenoxy) is 1. The van der Waals surface area contributed by atoms with Crippen molar-refractivity contribution in [3.63, 3.8) is 0 Å².